The van der Waals surface area contributed by atoms with Gasteiger partial charge in [-0.1, -0.05) is 6.92 Å². The topological polar surface area (TPSA) is 61.4 Å². The Labute approximate surface area is 97.8 Å². The second-order valence-electron chi connectivity index (χ2n) is 4.92. The summed E-state index contributed by atoms with van der Waals surface area (Å²) in [5.74, 6) is 0.370. The van der Waals surface area contributed by atoms with Gasteiger partial charge in [0.15, 0.2) is 0 Å². The highest BCUT2D eigenvalue weighted by Crippen LogP contribution is 2.23. The molecule has 5 nitrogen and oxygen atoms in total. The molecule has 94 valence electrons. The number of piperidine rings is 1. The van der Waals surface area contributed by atoms with Crippen molar-refractivity contribution in [3.8, 4) is 0 Å². The molecule has 0 bridgehead atoms. The van der Waals surface area contributed by atoms with E-state index in [0.29, 0.717) is 25.0 Å². The quantitative estimate of drug-likeness (QED) is 0.730. The van der Waals surface area contributed by atoms with Crippen LogP contribution in [0.2, 0.25) is 0 Å². The Balaban J connectivity index is 1.95. The monoisotopic (exact) mass is 247 g/mol. The van der Waals surface area contributed by atoms with Gasteiger partial charge in [0.05, 0.1) is 0 Å². The van der Waals surface area contributed by atoms with Crippen molar-refractivity contribution in [2.45, 2.75) is 38.3 Å². The van der Waals surface area contributed by atoms with Crippen molar-refractivity contribution in [3.05, 3.63) is 0 Å². The van der Waals surface area contributed by atoms with Crippen LogP contribution in [0.4, 0.5) is 0 Å². The van der Waals surface area contributed by atoms with E-state index in [-0.39, 0.29) is 6.04 Å². The van der Waals surface area contributed by atoms with Crippen molar-refractivity contribution >= 4 is 10.2 Å². The van der Waals surface area contributed by atoms with Crippen LogP contribution >= 0.6 is 0 Å². The van der Waals surface area contributed by atoms with Gasteiger partial charge >= 0.3 is 0 Å². The SMILES string of the molecule is CNC1CCN(S(=O)(=O)NC2CC2)CC1C. The fourth-order valence-corrected chi connectivity index (χ4v) is 3.82. The lowest BCUT2D eigenvalue weighted by molar-refractivity contribution is 0.226. The molecule has 0 spiro atoms. The summed E-state index contributed by atoms with van der Waals surface area (Å²) in [7, 11) is -1.29. The van der Waals surface area contributed by atoms with E-state index in [4.69, 9.17) is 0 Å². The third kappa shape index (κ3) is 2.74. The minimum absolute atomic E-state index is 0.197. The second kappa shape index (κ2) is 4.60. The summed E-state index contributed by atoms with van der Waals surface area (Å²) in [5.41, 5.74) is 0. The predicted molar refractivity (Wildman–Crippen MR) is 63.3 cm³/mol. The first-order valence-electron chi connectivity index (χ1n) is 5.97. The molecule has 16 heavy (non-hydrogen) atoms. The first-order valence-corrected chi connectivity index (χ1v) is 7.41. The van der Waals surface area contributed by atoms with Crippen LogP contribution in [-0.4, -0.2) is 44.9 Å². The molecule has 0 aromatic rings. The van der Waals surface area contributed by atoms with Crippen molar-refractivity contribution in [3.63, 3.8) is 0 Å². The van der Waals surface area contributed by atoms with Gasteiger partial charge in [0.1, 0.15) is 0 Å². The summed E-state index contributed by atoms with van der Waals surface area (Å²) in [6, 6.07) is 0.634. The van der Waals surface area contributed by atoms with Crippen LogP contribution in [0.1, 0.15) is 26.2 Å². The van der Waals surface area contributed by atoms with Crippen molar-refractivity contribution in [2.75, 3.05) is 20.1 Å². The van der Waals surface area contributed by atoms with E-state index in [0.717, 1.165) is 19.3 Å². The Kier molecular flexibility index (Phi) is 3.53. The Hall–Kier alpha value is -0.170. The van der Waals surface area contributed by atoms with Crippen molar-refractivity contribution in [1.29, 1.82) is 0 Å². The summed E-state index contributed by atoms with van der Waals surface area (Å²) in [6.07, 6.45) is 2.87. The van der Waals surface area contributed by atoms with Crippen LogP contribution in [-0.2, 0) is 10.2 Å². The fourth-order valence-electron chi connectivity index (χ4n) is 2.24. The van der Waals surface area contributed by atoms with Crippen molar-refractivity contribution in [1.82, 2.24) is 14.3 Å². The lowest BCUT2D eigenvalue weighted by atomic mass is 9.96. The van der Waals surface area contributed by atoms with Gasteiger partial charge in [-0.2, -0.15) is 17.4 Å². The van der Waals surface area contributed by atoms with Gasteiger partial charge in [-0.05, 0) is 32.2 Å². The molecular formula is C10H21N3O2S. The Morgan fingerprint density at radius 1 is 1.25 bits per heavy atom. The third-order valence-corrected chi connectivity index (χ3v) is 5.11. The lowest BCUT2D eigenvalue weighted by Gasteiger charge is -2.35. The molecule has 0 amide bonds. The van der Waals surface area contributed by atoms with E-state index in [1.807, 2.05) is 7.05 Å². The first-order chi connectivity index (χ1) is 7.53. The van der Waals surface area contributed by atoms with Crippen LogP contribution in [0.15, 0.2) is 0 Å². The Bertz CT molecular complexity index is 340. The van der Waals surface area contributed by atoms with Gasteiger partial charge in [0, 0.05) is 25.2 Å². The predicted octanol–water partition coefficient (Wildman–Crippen LogP) is -0.0870. The maximum Gasteiger partial charge on any atom is 0.279 e. The van der Waals surface area contributed by atoms with Crippen LogP contribution in [0.5, 0.6) is 0 Å². The zero-order valence-corrected chi connectivity index (χ0v) is 10.8. The lowest BCUT2D eigenvalue weighted by Crippen LogP contribution is -2.52. The van der Waals surface area contributed by atoms with Crippen LogP contribution in [0.3, 0.4) is 0 Å². The van der Waals surface area contributed by atoms with Gasteiger partial charge in [-0.25, -0.2) is 0 Å². The molecule has 1 saturated carbocycles. The third-order valence-electron chi connectivity index (χ3n) is 3.47. The molecule has 6 heteroatoms. The highest BCUT2D eigenvalue weighted by molar-refractivity contribution is 7.87. The molecule has 2 atom stereocenters. The summed E-state index contributed by atoms with van der Waals surface area (Å²) in [4.78, 5) is 0. The molecule has 1 aliphatic carbocycles. The normalized spacial score (nSPS) is 32.9. The smallest absolute Gasteiger partial charge is 0.279 e. The standard InChI is InChI=1S/C10H21N3O2S/c1-8-7-13(6-5-10(8)11-2)16(14,15)12-9-3-4-9/h8-12H,3-7H2,1-2H3. The van der Waals surface area contributed by atoms with Gasteiger partial charge < -0.3 is 5.32 Å². The molecule has 1 saturated heterocycles. The molecule has 1 heterocycles. The first kappa shape index (κ1) is 12.3. The molecule has 1 aliphatic heterocycles. The molecule has 2 unspecified atom stereocenters. The minimum Gasteiger partial charge on any atom is -0.317 e. The zero-order chi connectivity index (χ0) is 11.8. The van der Waals surface area contributed by atoms with E-state index in [1.54, 1.807) is 4.31 Å². The molecule has 2 aliphatic rings. The van der Waals surface area contributed by atoms with Gasteiger partial charge in [-0.3, -0.25) is 0 Å². The molecule has 0 aromatic heterocycles. The second-order valence-corrected chi connectivity index (χ2v) is 6.62. The molecule has 0 radical (unpaired) electrons. The highest BCUT2D eigenvalue weighted by atomic mass is 32.2. The number of hydrogen-bond acceptors (Lipinski definition) is 3. The minimum atomic E-state index is -3.23. The van der Waals surface area contributed by atoms with Crippen molar-refractivity contribution in [2.24, 2.45) is 5.92 Å². The molecular weight excluding hydrogens is 226 g/mol. The van der Waals surface area contributed by atoms with E-state index >= 15 is 0 Å². The van der Waals surface area contributed by atoms with E-state index in [1.165, 1.54) is 0 Å². The zero-order valence-electron chi connectivity index (χ0n) is 9.94. The number of nitrogens with zero attached hydrogens (tertiary/aromatic N) is 1. The average Bonchev–Trinajstić information content (AvgIpc) is 3.01. The average molecular weight is 247 g/mol. The molecule has 0 aromatic carbocycles. The van der Waals surface area contributed by atoms with Crippen LogP contribution < -0.4 is 10.0 Å². The fraction of sp³-hybridized carbons (Fsp3) is 1.00. The van der Waals surface area contributed by atoms with Gasteiger partial charge in [0.25, 0.3) is 10.2 Å². The van der Waals surface area contributed by atoms with Crippen LogP contribution in [0.25, 0.3) is 0 Å². The number of rotatable bonds is 4. The molecule has 2 N–H and O–H groups in total. The molecule has 2 fully saturated rings. The summed E-state index contributed by atoms with van der Waals surface area (Å²) in [5, 5.41) is 3.24. The number of hydrogen-bond donors (Lipinski definition) is 2. The van der Waals surface area contributed by atoms with Gasteiger partial charge in [0.2, 0.25) is 0 Å². The molecule has 2 rings (SSSR count). The van der Waals surface area contributed by atoms with E-state index in [9.17, 15) is 8.42 Å². The van der Waals surface area contributed by atoms with Crippen molar-refractivity contribution < 1.29 is 8.42 Å². The summed E-state index contributed by atoms with van der Waals surface area (Å²) in [6.45, 7) is 3.34. The Morgan fingerprint density at radius 2 is 1.94 bits per heavy atom. The summed E-state index contributed by atoms with van der Waals surface area (Å²) < 4.78 is 28.3. The number of nitrogens with one attached hydrogen (secondary N) is 2. The maximum atomic E-state index is 12.0. The van der Waals surface area contributed by atoms with E-state index < -0.39 is 10.2 Å². The Morgan fingerprint density at radius 3 is 2.44 bits per heavy atom. The maximum absolute atomic E-state index is 12.0. The highest BCUT2D eigenvalue weighted by Gasteiger charge is 2.35. The van der Waals surface area contributed by atoms with Crippen LogP contribution in [0, 0.1) is 5.92 Å². The summed E-state index contributed by atoms with van der Waals surface area (Å²) >= 11 is 0. The van der Waals surface area contributed by atoms with E-state index in [2.05, 4.69) is 17.0 Å². The largest absolute Gasteiger partial charge is 0.317 e. The van der Waals surface area contributed by atoms with Gasteiger partial charge in [-0.15, -0.1) is 0 Å².